The Balaban J connectivity index is 2.04. The molecule has 88 valence electrons. The van der Waals surface area contributed by atoms with Crippen LogP contribution >= 0.6 is 0 Å². The van der Waals surface area contributed by atoms with Crippen LogP contribution in [0.25, 0.3) is 0 Å². The van der Waals surface area contributed by atoms with Crippen molar-refractivity contribution in [2.24, 2.45) is 0 Å². The Labute approximate surface area is 96.5 Å². The van der Waals surface area contributed by atoms with E-state index in [0.717, 1.165) is 6.07 Å². The molecule has 2 aromatic rings. The average Bonchev–Trinajstić information content (AvgIpc) is 2.78. The van der Waals surface area contributed by atoms with Crippen LogP contribution in [-0.4, -0.2) is 21.3 Å². The molecular formula is C11H10N2O4. The fraction of sp³-hybridized carbons (Fsp3) is 0.0909. The van der Waals surface area contributed by atoms with Crippen molar-refractivity contribution in [3.8, 4) is 11.5 Å². The molecule has 0 aliphatic carbocycles. The van der Waals surface area contributed by atoms with E-state index in [1.807, 2.05) is 0 Å². The zero-order valence-corrected chi connectivity index (χ0v) is 8.75. The van der Waals surface area contributed by atoms with Crippen LogP contribution in [0, 0.1) is 0 Å². The van der Waals surface area contributed by atoms with Gasteiger partial charge in [-0.1, -0.05) is 5.16 Å². The average molecular weight is 234 g/mol. The monoisotopic (exact) mass is 234 g/mol. The zero-order chi connectivity index (χ0) is 12.3. The van der Waals surface area contributed by atoms with Crippen molar-refractivity contribution in [1.29, 1.82) is 0 Å². The lowest BCUT2D eigenvalue weighted by molar-refractivity contribution is 0.0947. The van der Waals surface area contributed by atoms with Crippen molar-refractivity contribution >= 4 is 5.91 Å². The van der Waals surface area contributed by atoms with Crippen molar-refractivity contribution in [2.45, 2.75) is 6.54 Å². The van der Waals surface area contributed by atoms with Crippen LogP contribution in [0.5, 0.6) is 11.5 Å². The summed E-state index contributed by atoms with van der Waals surface area (Å²) in [4.78, 5) is 11.7. The minimum absolute atomic E-state index is 0.0892. The summed E-state index contributed by atoms with van der Waals surface area (Å²) in [5, 5.41) is 24.7. The molecule has 0 fully saturated rings. The molecule has 3 N–H and O–H groups in total. The molecule has 0 saturated heterocycles. The highest BCUT2D eigenvalue weighted by Crippen LogP contribution is 2.22. The topological polar surface area (TPSA) is 95.6 Å². The number of carbonyl (C=O) groups is 1. The smallest absolute Gasteiger partial charge is 0.255 e. The Morgan fingerprint density at radius 1 is 1.35 bits per heavy atom. The highest BCUT2D eigenvalue weighted by atomic mass is 16.5. The van der Waals surface area contributed by atoms with Crippen LogP contribution < -0.4 is 5.32 Å². The van der Waals surface area contributed by atoms with Gasteiger partial charge in [0, 0.05) is 12.1 Å². The third kappa shape index (κ3) is 2.54. The molecule has 0 radical (unpaired) electrons. The second kappa shape index (κ2) is 4.56. The molecular weight excluding hydrogens is 224 g/mol. The number of aromatic nitrogens is 1. The Hall–Kier alpha value is -2.50. The number of nitrogens with one attached hydrogen (secondary N) is 1. The van der Waals surface area contributed by atoms with E-state index in [2.05, 4.69) is 15.0 Å². The van der Waals surface area contributed by atoms with Gasteiger partial charge in [-0.05, 0) is 12.1 Å². The summed E-state index contributed by atoms with van der Waals surface area (Å²) in [5.74, 6) is -0.830. The van der Waals surface area contributed by atoms with E-state index in [4.69, 9.17) is 5.11 Å². The Morgan fingerprint density at radius 3 is 2.82 bits per heavy atom. The second-order valence-electron chi connectivity index (χ2n) is 3.37. The molecule has 0 bridgehead atoms. The molecule has 17 heavy (non-hydrogen) atoms. The molecule has 0 aliphatic heterocycles. The highest BCUT2D eigenvalue weighted by molar-refractivity contribution is 5.96. The zero-order valence-electron chi connectivity index (χ0n) is 8.75. The molecule has 0 saturated carbocycles. The third-order valence-electron chi connectivity index (χ3n) is 2.15. The van der Waals surface area contributed by atoms with Gasteiger partial charge >= 0.3 is 0 Å². The van der Waals surface area contributed by atoms with Crippen LogP contribution in [-0.2, 0) is 6.54 Å². The first-order valence-corrected chi connectivity index (χ1v) is 4.86. The third-order valence-corrected chi connectivity index (χ3v) is 2.15. The first kappa shape index (κ1) is 11.0. The summed E-state index contributed by atoms with van der Waals surface area (Å²) in [6.07, 6.45) is 1.40. The van der Waals surface area contributed by atoms with Crippen molar-refractivity contribution < 1.29 is 19.5 Å². The number of rotatable bonds is 3. The summed E-state index contributed by atoms with van der Waals surface area (Å²) in [5.41, 5.74) is 0.669. The molecule has 1 aromatic heterocycles. The Kier molecular flexibility index (Phi) is 2.95. The van der Waals surface area contributed by atoms with E-state index >= 15 is 0 Å². The fourth-order valence-electron chi connectivity index (χ4n) is 1.31. The van der Waals surface area contributed by atoms with Gasteiger partial charge in [-0.2, -0.15) is 0 Å². The quantitative estimate of drug-likeness (QED) is 0.736. The Morgan fingerprint density at radius 2 is 2.18 bits per heavy atom. The SMILES string of the molecule is O=C(NCc1ccon1)c1ccc(O)cc1O. The lowest BCUT2D eigenvalue weighted by atomic mass is 10.2. The van der Waals surface area contributed by atoms with Gasteiger partial charge < -0.3 is 20.1 Å². The lowest BCUT2D eigenvalue weighted by Gasteiger charge is -2.05. The maximum Gasteiger partial charge on any atom is 0.255 e. The number of phenols is 2. The maximum atomic E-state index is 11.7. The van der Waals surface area contributed by atoms with Gasteiger partial charge in [0.2, 0.25) is 0 Å². The van der Waals surface area contributed by atoms with Crippen LogP contribution in [0.15, 0.2) is 35.1 Å². The van der Waals surface area contributed by atoms with Crippen molar-refractivity contribution in [1.82, 2.24) is 10.5 Å². The molecule has 0 atom stereocenters. The number of phenolic OH excluding ortho intramolecular Hbond substituents is 2. The van der Waals surface area contributed by atoms with Gasteiger partial charge in [0.15, 0.2) is 0 Å². The summed E-state index contributed by atoms with van der Waals surface area (Å²) in [6, 6.07) is 5.38. The first-order valence-electron chi connectivity index (χ1n) is 4.86. The highest BCUT2D eigenvalue weighted by Gasteiger charge is 2.11. The van der Waals surface area contributed by atoms with E-state index < -0.39 is 5.91 Å². The summed E-state index contributed by atoms with van der Waals surface area (Å²) < 4.78 is 4.61. The summed E-state index contributed by atoms with van der Waals surface area (Å²) >= 11 is 0. The molecule has 0 spiro atoms. The molecule has 0 aliphatic rings. The van der Waals surface area contributed by atoms with E-state index in [1.165, 1.54) is 18.4 Å². The lowest BCUT2D eigenvalue weighted by Crippen LogP contribution is -2.22. The first-order chi connectivity index (χ1) is 8.16. The molecule has 1 heterocycles. The number of benzene rings is 1. The normalized spacial score (nSPS) is 10.1. The fourth-order valence-corrected chi connectivity index (χ4v) is 1.31. The number of aromatic hydroxyl groups is 2. The number of nitrogens with zero attached hydrogens (tertiary/aromatic N) is 1. The van der Waals surface area contributed by atoms with Gasteiger partial charge in [-0.25, -0.2) is 0 Å². The number of amides is 1. The maximum absolute atomic E-state index is 11.7. The minimum Gasteiger partial charge on any atom is -0.508 e. The minimum atomic E-state index is -0.453. The predicted molar refractivity (Wildman–Crippen MR) is 57.4 cm³/mol. The predicted octanol–water partition coefficient (Wildman–Crippen LogP) is 1.02. The van der Waals surface area contributed by atoms with E-state index in [0.29, 0.717) is 5.69 Å². The van der Waals surface area contributed by atoms with Crippen LogP contribution in [0.2, 0.25) is 0 Å². The largest absolute Gasteiger partial charge is 0.508 e. The molecule has 6 heteroatoms. The van der Waals surface area contributed by atoms with Gasteiger partial charge in [0.25, 0.3) is 5.91 Å². The van der Waals surface area contributed by atoms with Gasteiger partial charge in [0.1, 0.15) is 23.5 Å². The molecule has 0 unspecified atom stereocenters. The molecule has 2 rings (SSSR count). The molecule has 6 nitrogen and oxygen atoms in total. The molecule has 1 aromatic carbocycles. The number of hydrogen-bond donors (Lipinski definition) is 3. The van der Waals surface area contributed by atoms with Gasteiger partial charge in [-0.15, -0.1) is 0 Å². The van der Waals surface area contributed by atoms with E-state index in [1.54, 1.807) is 6.07 Å². The van der Waals surface area contributed by atoms with Crippen molar-refractivity contribution in [3.63, 3.8) is 0 Å². The van der Waals surface area contributed by atoms with Crippen molar-refractivity contribution in [3.05, 3.63) is 41.8 Å². The van der Waals surface area contributed by atoms with Crippen LogP contribution in [0.3, 0.4) is 0 Å². The number of carbonyl (C=O) groups excluding carboxylic acids is 1. The van der Waals surface area contributed by atoms with E-state index in [-0.39, 0.29) is 23.6 Å². The second-order valence-corrected chi connectivity index (χ2v) is 3.37. The van der Waals surface area contributed by atoms with Crippen molar-refractivity contribution in [2.75, 3.05) is 0 Å². The van der Waals surface area contributed by atoms with Crippen LogP contribution in [0.1, 0.15) is 16.1 Å². The van der Waals surface area contributed by atoms with E-state index in [9.17, 15) is 9.90 Å². The van der Waals surface area contributed by atoms with Gasteiger partial charge in [-0.3, -0.25) is 4.79 Å². The van der Waals surface area contributed by atoms with Gasteiger partial charge in [0.05, 0.1) is 12.1 Å². The summed E-state index contributed by atoms with van der Waals surface area (Å²) in [6.45, 7) is 0.204. The number of hydrogen-bond acceptors (Lipinski definition) is 5. The standard InChI is InChI=1S/C11H10N2O4/c14-8-1-2-9(10(15)5-8)11(16)12-6-7-3-4-17-13-7/h1-5,14-15H,6H2,(H,12,16). The Bertz CT molecular complexity index is 522. The molecule has 1 amide bonds. The van der Waals surface area contributed by atoms with Crippen LogP contribution in [0.4, 0.5) is 0 Å². The summed E-state index contributed by atoms with van der Waals surface area (Å²) in [7, 11) is 0.